The Bertz CT molecular complexity index is 720. The zero-order valence-corrected chi connectivity index (χ0v) is 10.6. The Hall–Kier alpha value is -2.41. The number of thiophene rings is 1. The minimum absolute atomic E-state index is 0.211. The van der Waals surface area contributed by atoms with Gasteiger partial charge in [-0.2, -0.15) is 4.98 Å². The van der Waals surface area contributed by atoms with Crippen LogP contribution in [0.5, 0.6) is 0 Å². The molecule has 2 aromatic heterocycles. The highest BCUT2D eigenvalue weighted by atomic mass is 32.1. The zero-order valence-electron chi connectivity index (χ0n) is 9.79. The molecule has 0 bridgehead atoms. The van der Waals surface area contributed by atoms with E-state index in [1.165, 1.54) is 17.7 Å². The lowest BCUT2D eigenvalue weighted by Gasteiger charge is -2.00. The Morgan fingerprint density at radius 1 is 1.42 bits per heavy atom. The van der Waals surface area contributed by atoms with Gasteiger partial charge in [-0.05, 0) is 6.07 Å². The molecule has 1 aromatic carbocycles. The second kappa shape index (κ2) is 4.69. The molecule has 0 aliphatic rings. The third kappa shape index (κ3) is 2.15. The Morgan fingerprint density at radius 2 is 2.26 bits per heavy atom. The van der Waals surface area contributed by atoms with E-state index in [1.807, 2.05) is 24.3 Å². The van der Waals surface area contributed by atoms with Crippen LogP contribution in [0.4, 0.5) is 5.69 Å². The quantitative estimate of drug-likeness (QED) is 0.759. The number of nitrogens with zero attached hydrogens (tertiary/aromatic N) is 2. The van der Waals surface area contributed by atoms with Crippen LogP contribution in [0.2, 0.25) is 0 Å². The highest BCUT2D eigenvalue weighted by Gasteiger charge is 2.16. The molecule has 0 unspecified atom stereocenters. The molecule has 19 heavy (non-hydrogen) atoms. The number of nitrogens with one attached hydrogen (secondary N) is 1. The topological polar surface area (TPSA) is 94.0 Å². The van der Waals surface area contributed by atoms with Gasteiger partial charge < -0.3 is 15.6 Å². The molecule has 0 spiro atoms. The molecule has 0 saturated heterocycles. The van der Waals surface area contributed by atoms with Crippen molar-refractivity contribution in [1.82, 2.24) is 15.5 Å². The fourth-order valence-corrected chi connectivity index (χ4v) is 2.78. The Kier molecular flexibility index (Phi) is 2.88. The number of anilines is 1. The van der Waals surface area contributed by atoms with Crippen molar-refractivity contribution < 1.29 is 9.32 Å². The number of benzene rings is 1. The molecule has 6 nitrogen and oxygen atoms in total. The van der Waals surface area contributed by atoms with E-state index in [0.29, 0.717) is 16.4 Å². The van der Waals surface area contributed by atoms with Crippen molar-refractivity contribution in [3.8, 4) is 0 Å². The van der Waals surface area contributed by atoms with Crippen LogP contribution in [0.25, 0.3) is 10.1 Å². The van der Waals surface area contributed by atoms with Crippen LogP contribution in [0, 0.1) is 0 Å². The van der Waals surface area contributed by atoms with Crippen molar-refractivity contribution in [2.75, 3.05) is 5.73 Å². The molecular formula is C12H10N4O2S. The van der Waals surface area contributed by atoms with E-state index < -0.39 is 0 Å². The first-order chi connectivity index (χ1) is 9.25. The molecule has 0 radical (unpaired) electrons. The summed E-state index contributed by atoms with van der Waals surface area (Å²) in [5.41, 5.74) is 6.49. The largest absolute Gasteiger partial charge is 0.397 e. The second-order valence-electron chi connectivity index (χ2n) is 3.87. The van der Waals surface area contributed by atoms with Gasteiger partial charge in [-0.25, -0.2) is 0 Å². The van der Waals surface area contributed by atoms with Crippen molar-refractivity contribution in [3.63, 3.8) is 0 Å². The summed E-state index contributed by atoms with van der Waals surface area (Å²) in [5.74, 6) is 0.191. The molecule has 3 rings (SSSR count). The van der Waals surface area contributed by atoms with Crippen LogP contribution in [0.1, 0.15) is 15.5 Å². The number of carbonyl (C=O) groups excluding carboxylic acids is 1. The number of rotatable bonds is 3. The molecule has 0 saturated carbocycles. The average Bonchev–Trinajstić information content (AvgIpc) is 3.05. The van der Waals surface area contributed by atoms with Gasteiger partial charge in [-0.1, -0.05) is 23.4 Å². The van der Waals surface area contributed by atoms with Crippen molar-refractivity contribution >= 4 is 33.0 Å². The summed E-state index contributed by atoms with van der Waals surface area (Å²) in [6.07, 6.45) is 1.22. The van der Waals surface area contributed by atoms with Crippen LogP contribution in [0.15, 0.2) is 35.2 Å². The maximum atomic E-state index is 12.1. The van der Waals surface area contributed by atoms with Gasteiger partial charge in [0.1, 0.15) is 4.88 Å². The van der Waals surface area contributed by atoms with E-state index in [4.69, 9.17) is 5.73 Å². The SMILES string of the molecule is Nc1c(C(=O)NCc2ncon2)sc2ccccc12. The van der Waals surface area contributed by atoms with E-state index >= 15 is 0 Å². The van der Waals surface area contributed by atoms with E-state index in [0.717, 1.165) is 10.1 Å². The lowest BCUT2D eigenvalue weighted by Crippen LogP contribution is -2.23. The van der Waals surface area contributed by atoms with Crippen molar-refractivity contribution in [3.05, 3.63) is 41.4 Å². The van der Waals surface area contributed by atoms with E-state index in [2.05, 4.69) is 20.0 Å². The monoisotopic (exact) mass is 274 g/mol. The standard InChI is InChI=1S/C12H10N4O2S/c13-10-7-3-1-2-4-8(7)19-11(10)12(17)14-5-9-15-6-18-16-9/h1-4,6H,5,13H2,(H,14,17). The molecular weight excluding hydrogens is 264 g/mol. The summed E-state index contributed by atoms with van der Waals surface area (Å²) in [6, 6.07) is 7.65. The van der Waals surface area contributed by atoms with E-state index in [1.54, 1.807) is 0 Å². The van der Waals surface area contributed by atoms with Gasteiger partial charge in [-0.15, -0.1) is 11.3 Å². The first-order valence-corrected chi connectivity index (χ1v) is 6.38. The average molecular weight is 274 g/mol. The molecule has 1 amide bonds. The van der Waals surface area contributed by atoms with Gasteiger partial charge in [0.05, 0.1) is 12.2 Å². The lowest BCUT2D eigenvalue weighted by atomic mass is 10.2. The van der Waals surface area contributed by atoms with Gasteiger partial charge in [0.2, 0.25) is 6.39 Å². The summed E-state index contributed by atoms with van der Waals surface area (Å²) in [6.45, 7) is 0.211. The second-order valence-corrected chi connectivity index (χ2v) is 4.92. The number of hydrogen-bond acceptors (Lipinski definition) is 6. The molecule has 3 N–H and O–H groups in total. The third-order valence-corrected chi connectivity index (χ3v) is 3.84. The van der Waals surface area contributed by atoms with Gasteiger partial charge in [-0.3, -0.25) is 4.79 Å². The van der Waals surface area contributed by atoms with Gasteiger partial charge in [0.15, 0.2) is 5.82 Å². The zero-order chi connectivity index (χ0) is 13.2. The molecule has 0 aliphatic carbocycles. The number of hydrogen-bond donors (Lipinski definition) is 2. The highest BCUT2D eigenvalue weighted by molar-refractivity contribution is 7.21. The number of carbonyl (C=O) groups is 1. The van der Waals surface area contributed by atoms with Crippen LogP contribution in [0.3, 0.4) is 0 Å². The molecule has 0 atom stereocenters. The number of fused-ring (bicyclic) bond motifs is 1. The normalized spacial score (nSPS) is 10.7. The van der Waals surface area contributed by atoms with Crippen LogP contribution in [-0.4, -0.2) is 16.0 Å². The third-order valence-electron chi connectivity index (χ3n) is 2.65. The number of nitrogen functional groups attached to an aromatic ring is 1. The molecule has 3 aromatic rings. The lowest BCUT2D eigenvalue weighted by molar-refractivity contribution is 0.0954. The molecule has 2 heterocycles. The smallest absolute Gasteiger partial charge is 0.263 e. The summed E-state index contributed by atoms with van der Waals surface area (Å²) < 4.78 is 5.58. The van der Waals surface area contributed by atoms with E-state index in [9.17, 15) is 4.79 Å². The van der Waals surface area contributed by atoms with Crippen LogP contribution < -0.4 is 11.1 Å². The maximum absolute atomic E-state index is 12.1. The first kappa shape index (κ1) is 11.7. The van der Waals surface area contributed by atoms with Gasteiger partial charge in [0, 0.05) is 10.1 Å². The van der Waals surface area contributed by atoms with E-state index in [-0.39, 0.29) is 12.5 Å². The number of aromatic nitrogens is 2. The maximum Gasteiger partial charge on any atom is 0.263 e. The minimum Gasteiger partial charge on any atom is -0.397 e. The molecule has 0 fully saturated rings. The fraction of sp³-hybridized carbons (Fsp3) is 0.0833. The Labute approximate surface area is 112 Å². The molecule has 7 heteroatoms. The Morgan fingerprint density at radius 3 is 3.00 bits per heavy atom. The Balaban J connectivity index is 1.83. The number of amides is 1. The summed E-state index contributed by atoms with van der Waals surface area (Å²) in [5, 5.41) is 7.23. The predicted molar refractivity (Wildman–Crippen MR) is 71.7 cm³/mol. The van der Waals surface area contributed by atoms with Crippen molar-refractivity contribution in [2.45, 2.75) is 6.54 Å². The summed E-state index contributed by atoms with van der Waals surface area (Å²) in [7, 11) is 0. The van der Waals surface area contributed by atoms with Crippen molar-refractivity contribution in [2.24, 2.45) is 0 Å². The van der Waals surface area contributed by atoms with Gasteiger partial charge >= 0.3 is 0 Å². The van der Waals surface area contributed by atoms with Crippen molar-refractivity contribution in [1.29, 1.82) is 0 Å². The predicted octanol–water partition coefficient (Wildman–Crippen LogP) is 1.80. The summed E-state index contributed by atoms with van der Waals surface area (Å²) >= 11 is 1.37. The first-order valence-electron chi connectivity index (χ1n) is 5.56. The van der Waals surface area contributed by atoms with Gasteiger partial charge in [0.25, 0.3) is 5.91 Å². The number of nitrogens with two attached hydrogens (primary N) is 1. The minimum atomic E-state index is -0.233. The highest BCUT2D eigenvalue weighted by Crippen LogP contribution is 2.33. The fourth-order valence-electron chi connectivity index (χ4n) is 1.74. The molecule has 96 valence electrons. The summed E-state index contributed by atoms with van der Waals surface area (Å²) in [4.78, 5) is 16.4. The molecule has 0 aliphatic heterocycles. The van der Waals surface area contributed by atoms with Crippen LogP contribution >= 0.6 is 11.3 Å². The van der Waals surface area contributed by atoms with Crippen LogP contribution in [-0.2, 0) is 6.54 Å².